The smallest absolute Gasteiger partial charge is 0.344 e. The lowest BCUT2D eigenvalue weighted by molar-refractivity contribution is -0.160. The van der Waals surface area contributed by atoms with Gasteiger partial charge in [0.15, 0.2) is 0 Å². The number of esters is 1. The minimum absolute atomic E-state index is 0.0314. The second-order valence-electron chi connectivity index (χ2n) is 3.89. The second-order valence-corrected chi connectivity index (χ2v) is 4.73. The molecule has 2 unspecified atom stereocenters. The molecule has 0 bridgehead atoms. The van der Waals surface area contributed by atoms with Gasteiger partial charge in [-0.25, -0.2) is 9.18 Å². The molecule has 0 aromatic heterocycles. The molecule has 0 saturated heterocycles. The Morgan fingerprint density at radius 3 is 2.67 bits per heavy atom. The zero-order valence-electron chi connectivity index (χ0n) is 9.91. The van der Waals surface area contributed by atoms with E-state index < -0.39 is 17.7 Å². The molecule has 6 heteroatoms. The first-order chi connectivity index (χ1) is 8.30. The molecule has 1 aromatic carbocycles. The van der Waals surface area contributed by atoms with E-state index in [1.807, 2.05) is 0 Å². The molecule has 0 aliphatic carbocycles. The Hall–Kier alpha value is -0.840. The molecule has 3 nitrogen and oxygen atoms in total. The zero-order valence-corrected chi connectivity index (χ0v) is 11.4. The largest absolute Gasteiger partial charge is 0.464 e. The first-order valence-electron chi connectivity index (χ1n) is 5.29. The van der Waals surface area contributed by atoms with Crippen LogP contribution in [0.1, 0.15) is 19.4 Å². The number of ether oxygens (including phenoxy) is 1. The SMILES string of the molecule is CCOC(=O)C(F)C(C)(O)c1ccc(Cl)cc1Cl. The van der Waals surface area contributed by atoms with Crippen molar-refractivity contribution in [2.45, 2.75) is 25.6 Å². The lowest BCUT2D eigenvalue weighted by atomic mass is 9.91. The van der Waals surface area contributed by atoms with Crippen LogP contribution in [0.4, 0.5) is 4.39 Å². The highest BCUT2D eigenvalue weighted by atomic mass is 35.5. The molecule has 0 saturated carbocycles. The van der Waals surface area contributed by atoms with E-state index in [0.29, 0.717) is 5.02 Å². The van der Waals surface area contributed by atoms with Gasteiger partial charge in [0, 0.05) is 15.6 Å². The topological polar surface area (TPSA) is 46.5 Å². The molecule has 0 radical (unpaired) electrons. The van der Waals surface area contributed by atoms with Gasteiger partial charge in [0.25, 0.3) is 0 Å². The highest BCUT2D eigenvalue weighted by Crippen LogP contribution is 2.34. The molecular formula is C12H13Cl2FO3. The maximum absolute atomic E-state index is 13.9. The van der Waals surface area contributed by atoms with Crippen molar-refractivity contribution in [2.24, 2.45) is 0 Å². The van der Waals surface area contributed by atoms with Crippen LogP contribution in [0.5, 0.6) is 0 Å². The van der Waals surface area contributed by atoms with Gasteiger partial charge < -0.3 is 9.84 Å². The molecular weight excluding hydrogens is 282 g/mol. The lowest BCUT2D eigenvalue weighted by Gasteiger charge is -2.27. The summed E-state index contributed by atoms with van der Waals surface area (Å²) in [4.78, 5) is 11.3. The van der Waals surface area contributed by atoms with Crippen LogP contribution in [0.2, 0.25) is 10.0 Å². The van der Waals surface area contributed by atoms with Gasteiger partial charge in [-0.1, -0.05) is 29.3 Å². The van der Waals surface area contributed by atoms with Gasteiger partial charge in [0.1, 0.15) is 5.60 Å². The first-order valence-corrected chi connectivity index (χ1v) is 6.05. The minimum atomic E-state index is -2.23. The van der Waals surface area contributed by atoms with Gasteiger partial charge in [0.2, 0.25) is 6.17 Å². The van der Waals surface area contributed by atoms with E-state index in [9.17, 15) is 14.3 Å². The maximum Gasteiger partial charge on any atom is 0.344 e. The van der Waals surface area contributed by atoms with Gasteiger partial charge in [-0.3, -0.25) is 0 Å². The number of alkyl halides is 1. The molecule has 0 spiro atoms. The van der Waals surface area contributed by atoms with Gasteiger partial charge in [-0.05, 0) is 26.0 Å². The molecule has 0 fully saturated rings. The summed E-state index contributed by atoms with van der Waals surface area (Å²) in [5.74, 6) is -1.13. The Morgan fingerprint density at radius 1 is 1.56 bits per heavy atom. The summed E-state index contributed by atoms with van der Waals surface area (Å²) < 4.78 is 18.4. The normalized spacial score (nSPS) is 15.9. The summed E-state index contributed by atoms with van der Waals surface area (Å²) in [7, 11) is 0. The van der Waals surface area contributed by atoms with Crippen LogP contribution in [0.25, 0.3) is 0 Å². The molecule has 0 aliphatic rings. The molecule has 0 aliphatic heterocycles. The fraction of sp³-hybridized carbons (Fsp3) is 0.417. The Kier molecular flexibility index (Phi) is 4.96. The predicted octanol–water partition coefficient (Wildman–Crippen LogP) is 3.10. The minimum Gasteiger partial charge on any atom is -0.464 e. The van der Waals surface area contributed by atoms with Crippen molar-refractivity contribution >= 4 is 29.2 Å². The number of carbonyl (C=O) groups is 1. The van der Waals surface area contributed by atoms with Crippen molar-refractivity contribution in [2.75, 3.05) is 6.61 Å². The monoisotopic (exact) mass is 294 g/mol. The van der Waals surface area contributed by atoms with E-state index in [1.165, 1.54) is 18.2 Å². The predicted molar refractivity (Wildman–Crippen MR) is 67.6 cm³/mol. The van der Waals surface area contributed by atoms with Crippen LogP contribution < -0.4 is 0 Å². The van der Waals surface area contributed by atoms with Crippen molar-refractivity contribution in [3.8, 4) is 0 Å². The van der Waals surface area contributed by atoms with Gasteiger partial charge in [-0.15, -0.1) is 0 Å². The number of halogens is 3. The van der Waals surface area contributed by atoms with Gasteiger partial charge >= 0.3 is 5.97 Å². The third kappa shape index (κ3) is 3.13. The number of carbonyl (C=O) groups excluding carboxylic acids is 1. The fourth-order valence-electron chi connectivity index (χ4n) is 1.48. The van der Waals surface area contributed by atoms with Crippen molar-refractivity contribution in [1.29, 1.82) is 0 Å². The van der Waals surface area contributed by atoms with Crippen LogP contribution in [0.15, 0.2) is 18.2 Å². The second kappa shape index (κ2) is 5.87. The van der Waals surface area contributed by atoms with Crippen LogP contribution in [-0.2, 0) is 15.1 Å². The van der Waals surface area contributed by atoms with Crippen LogP contribution in [0, 0.1) is 0 Å². The number of rotatable bonds is 4. The van der Waals surface area contributed by atoms with E-state index in [-0.39, 0.29) is 17.2 Å². The molecule has 1 aromatic rings. The first kappa shape index (κ1) is 15.2. The van der Waals surface area contributed by atoms with Crippen LogP contribution >= 0.6 is 23.2 Å². The molecule has 1 N–H and O–H groups in total. The van der Waals surface area contributed by atoms with Crippen molar-refractivity contribution < 1.29 is 19.0 Å². The standard InChI is InChI=1S/C12H13Cl2FO3/c1-3-18-11(16)10(15)12(2,17)8-5-4-7(13)6-9(8)14/h4-6,10,17H,3H2,1-2H3. The highest BCUT2D eigenvalue weighted by Gasteiger charge is 2.41. The Bertz CT molecular complexity index is 449. The fourth-order valence-corrected chi connectivity index (χ4v) is 2.08. The highest BCUT2D eigenvalue weighted by molar-refractivity contribution is 6.35. The summed E-state index contributed by atoms with van der Waals surface area (Å²) in [5, 5.41) is 10.6. The average Bonchev–Trinajstić information content (AvgIpc) is 2.27. The summed E-state index contributed by atoms with van der Waals surface area (Å²) in [6.07, 6.45) is -2.23. The van der Waals surface area contributed by atoms with Gasteiger partial charge in [0.05, 0.1) is 6.61 Å². The van der Waals surface area contributed by atoms with E-state index >= 15 is 0 Å². The Labute approximate surface area is 114 Å². The summed E-state index contributed by atoms with van der Waals surface area (Å²) >= 11 is 11.6. The molecule has 1 rings (SSSR count). The number of hydrogen-bond donors (Lipinski definition) is 1. The Morgan fingerprint density at radius 2 is 2.17 bits per heavy atom. The van der Waals surface area contributed by atoms with E-state index in [1.54, 1.807) is 6.92 Å². The number of hydrogen-bond acceptors (Lipinski definition) is 3. The van der Waals surface area contributed by atoms with E-state index in [2.05, 4.69) is 4.74 Å². The molecule has 0 amide bonds. The van der Waals surface area contributed by atoms with E-state index in [0.717, 1.165) is 6.92 Å². The summed E-state index contributed by atoms with van der Waals surface area (Å²) in [5.41, 5.74) is -2.00. The number of benzene rings is 1. The maximum atomic E-state index is 13.9. The lowest BCUT2D eigenvalue weighted by Crippen LogP contribution is -2.40. The summed E-state index contributed by atoms with van der Waals surface area (Å²) in [6.45, 7) is 2.74. The summed E-state index contributed by atoms with van der Waals surface area (Å²) in [6, 6.07) is 4.19. The zero-order chi connectivity index (χ0) is 13.9. The molecule has 2 atom stereocenters. The van der Waals surface area contributed by atoms with Gasteiger partial charge in [-0.2, -0.15) is 0 Å². The van der Waals surface area contributed by atoms with Crippen molar-refractivity contribution in [1.82, 2.24) is 0 Å². The van der Waals surface area contributed by atoms with Crippen molar-refractivity contribution in [3.05, 3.63) is 33.8 Å². The molecule has 0 heterocycles. The van der Waals surface area contributed by atoms with Crippen LogP contribution in [-0.4, -0.2) is 23.9 Å². The number of aliphatic hydroxyl groups is 1. The molecule has 18 heavy (non-hydrogen) atoms. The average molecular weight is 295 g/mol. The van der Waals surface area contributed by atoms with Crippen LogP contribution in [0.3, 0.4) is 0 Å². The van der Waals surface area contributed by atoms with Crippen molar-refractivity contribution in [3.63, 3.8) is 0 Å². The quantitative estimate of drug-likeness (QED) is 0.868. The third-order valence-electron chi connectivity index (χ3n) is 2.46. The molecule has 100 valence electrons. The van der Waals surface area contributed by atoms with E-state index in [4.69, 9.17) is 23.2 Å². The Balaban J connectivity index is 3.08. The third-order valence-corrected chi connectivity index (χ3v) is 3.01.